The molecule has 25 heavy (non-hydrogen) atoms. The number of benzene rings is 2. The number of carbonyl (C=O) groups is 2. The predicted octanol–water partition coefficient (Wildman–Crippen LogP) is 2.12. The fourth-order valence-electron chi connectivity index (χ4n) is 1.98. The molecule has 0 bridgehead atoms. The number of hydrogen-bond acceptors (Lipinski definition) is 4. The quantitative estimate of drug-likeness (QED) is 0.787. The van der Waals surface area contributed by atoms with E-state index in [0.717, 1.165) is 5.69 Å². The highest BCUT2D eigenvalue weighted by molar-refractivity contribution is 5.96. The Hall–Kier alpha value is -3.09. The standard InChI is InChI=1S/C18H20FN3O3/c1-22(2)15-5-3-4-13(12-15)18(24)21-20-17(23)10-11-25-16-8-6-14(19)7-9-16/h3-9,12H,10-11H2,1-2H3,(H,20,23)(H,21,24). The minimum atomic E-state index is -0.406. The van der Waals surface area contributed by atoms with Crippen molar-refractivity contribution in [2.24, 2.45) is 0 Å². The van der Waals surface area contributed by atoms with Crippen molar-refractivity contribution < 1.29 is 18.7 Å². The van der Waals surface area contributed by atoms with Gasteiger partial charge in [-0.05, 0) is 42.5 Å². The van der Waals surface area contributed by atoms with Crippen molar-refractivity contribution in [2.45, 2.75) is 6.42 Å². The smallest absolute Gasteiger partial charge is 0.269 e. The van der Waals surface area contributed by atoms with E-state index in [1.54, 1.807) is 18.2 Å². The van der Waals surface area contributed by atoms with Crippen LogP contribution in [0.5, 0.6) is 5.75 Å². The number of anilines is 1. The Kier molecular flexibility index (Phi) is 6.33. The van der Waals surface area contributed by atoms with Crippen molar-refractivity contribution >= 4 is 17.5 Å². The average molecular weight is 345 g/mol. The molecular weight excluding hydrogens is 325 g/mol. The number of carbonyl (C=O) groups excluding carboxylic acids is 2. The highest BCUT2D eigenvalue weighted by Crippen LogP contribution is 2.13. The van der Waals surface area contributed by atoms with Crippen molar-refractivity contribution in [2.75, 3.05) is 25.6 Å². The molecule has 2 aromatic rings. The van der Waals surface area contributed by atoms with E-state index in [-0.39, 0.29) is 24.8 Å². The van der Waals surface area contributed by atoms with Crippen LogP contribution in [-0.2, 0) is 4.79 Å². The van der Waals surface area contributed by atoms with Gasteiger partial charge in [-0.3, -0.25) is 20.4 Å². The molecule has 0 unspecified atom stereocenters. The Morgan fingerprint density at radius 2 is 1.80 bits per heavy atom. The molecule has 0 fully saturated rings. The van der Waals surface area contributed by atoms with Crippen LogP contribution in [0.3, 0.4) is 0 Å². The monoisotopic (exact) mass is 345 g/mol. The Bertz CT molecular complexity index is 733. The molecule has 2 amide bonds. The van der Waals surface area contributed by atoms with Crippen LogP contribution < -0.4 is 20.5 Å². The molecule has 6 nitrogen and oxygen atoms in total. The summed E-state index contributed by atoms with van der Waals surface area (Å²) in [5, 5.41) is 0. The first-order valence-electron chi connectivity index (χ1n) is 7.70. The fourth-order valence-corrected chi connectivity index (χ4v) is 1.98. The van der Waals surface area contributed by atoms with E-state index in [4.69, 9.17) is 4.74 Å². The molecule has 2 aromatic carbocycles. The third-order valence-corrected chi connectivity index (χ3v) is 3.35. The van der Waals surface area contributed by atoms with Crippen LogP contribution >= 0.6 is 0 Å². The first kappa shape index (κ1) is 18.3. The lowest BCUT2D eigenvalue weighted by Crippen LogP contribution is -2.42. The van der Waals surface area contributed by atoms with Crippen LogP contribution in [0.25, 0.3) is 0 Å². The Balaban J connectivity index is 1.74. The van der Waals surface area contributed by atoms with Gasteiger partial charge in [-0.2, -0.15) is 0 Å². The molecule has 132 valence electrons. The normalized spacial score (nSPS) is 10.0. The van der Waals surface area contributed by atoms with Gasteiger partial charge < -0.3 is 9.64 Å². The highest BCUT2D eigenvalue weighted by Gasteiger charge is 2.09. The Labute approximate surface area is 145 Å². The van der Waals surface area contributed by atoms with Gasteiger partial charge in [0.2, 0.25) is 5.91 Å². The number of hydrogen-bond donors (Lipinski definition) is 2. The molecule has 0 aromatic heterocycles. The molecule has 0 saturated carbocycles. The third-order valence-electron chi connectivity index (χ3n) is 3.35. The van der Waals surface area contributed by atoms with Gasteiger partial charge in [0.15, 0.2) is 0 Å². The molecule has 0 aliphatic heterocycles. The summed E-state index contributed by atoms with van der Waals surface area (Å²) in [7, 11) is 3.75. The zero-order valence-corrected chi connectivity index (χ0v) is 14.1. The highest BCUT2D eigenvalue weighted by atomic mass is 19.1. The lowest BCUT2D eigenvalue weighted by atomic mass is 10.2. The molecule has 0 spiro atoms. The molecule has 7 heteroatoms. The van der Waals surface area contributed by atoms with Gasteiger partial charge in [0.1, 0.15) is 11.6 Å². The summed E-state index contributed by atoms with van der Waals surface area (Å²) in [6.45, 7) is 0.115. The SMILES string of the molecule is CN(C)c1cccc(C(=O)NNC(=O)CCOc2ccc(F)cc2)c1. The van der Waals surface area contributed by atoms with Crippen LogP contribution in [0.2, 0.25) is 0 Å². The number of rotatable bonds is 6. The molecule has 0 aliphatic rings. The maximum Gasteiger partial charge on any atom is 0.269 e. The molecule has 2 N–H and O–H groups in total. The number of halogens is 1. The summed E-state index contributed by atoms with van der Waals surface area (Å²) in [6, 6.07) is 12.5. The van der Waals surface area contributed by atoms with Gasteiger partial charge in [0.25, 0.3) is 5.91 Å². The first-order chi connectivity index (χ1) is 12.0. The van der Waals surface area contributed by atoms with Crippen LogP contribution in [0, 0.1) is 5.82 Å². The second-order valence-corrected chi connectivity index (χ2v) is 5.50. The van der Waals surface area contributed by atoms with Gasteiger partial charge in [-0.1, -0.05) is 6.07 Å². The van der Waals surface area contributed by atoms with Crippen molar-refractivity contribution in [1.82, 2.24) is 10.9 Å². The van der Waals surface area contributed by atoms with Gasteiger partial charge in [0, 0.05) is 25.3 Å². The molecule has 0 aliphatic carbocycles. The van der Waals surface area contributed by atoms with Crippen molar-refractivity contribution in [1.29, 1.82) is 0 Å². The first-order valence-corrected chi connectivity index (χ1v) is 7.70. The molecule has 2 rings (SSSR count). The zero-order chi connectivity index (χ0) is 18.2. The maximum atomic E-state index is 12.8. The largest absolute Gasteiger partial charge is 0.493 e. The summed E-state index contributed by atoms with van der Waals surface area (Å²) in [5.74, 6) is -0.680. The molecule has 0 heterocycles. The second-order valence-electron chi connectivity index (χ2n) is 5.50. The van der Waals surface area contributed by atoms with E-state index in [1.807, 2.05) is 25.1 Å². The van der Waals surface area contributed by atoms with E-state index in [2.05, 4.69) is 10.9 Å². The van der Waals surface area contributed by atoms with Gasteiger partial charge >= 0.3 is 0 Å². The van der Waals surface area contributed by atoms with Crippen molar-refractivity contribution in [3.8, 4) is 5.75 Å². The third kappa shape index (κ3) is 5.80. The van der Waals surface area contributed by atoms with Crippen molar-refractivity contribution in [3.63, 3.8) is 0 Å². The van der Waals surface area contributed by atoms with Crippen LogP contribution in [-0.4, -0.2) is 32.5 Å². The molecule has 0 saturated heterocycles. The summed E-state index contributed by atoms with van der Waals surface area (Å²) >= 11 is 0. The number of ether oxygens (including phenoxy) is 1. The van der Waals surface area contributed by atoms with Gasteiger partial charge in [-0.25, -0.2) is 4.39 Å². The summed E-state index contributed by atoms with van der Waals surface area (Å²) in [6.07, 6.45) is 0.0510. The molecular formula is C18H20FN3O3. The van der Waals surface area contributed by atoms with Crippen LogP contribution in [0.1, 0.15) is 16.8 Å². The van der Waals surface area contributed by atoms with E-state index < -0.39 is 5.91 Å². The second kappa shape index (κ2) is 8.68. The van der Waals surface area contributed by atoms with E-state index in [0.29, 0.717) is 11.3 Å². The van der Waals surface area contributed by atoms with Crippen LogP contribution in [0.15, 0.2) is 48.5 Å². The van der Waals surface area contributed by atoms with E-state index in [9.17, 15) is 14.0 Å². The lowest BCUT2D eigenvalue weighted by Gasteiger charge is -2.13. The number of nitrogens with zero attached hydrogens (tertiary/aromatic N) is 1. The van der Waals surface area contributed by atoms with Gasteiger partial charge in [0.05, 0.1) is 13.0 Å². The minimum absolute atomic E-state index is 0.0510. The summed E-state index contributed by atoms with van der Waals surface area (Å²) < 4.78 is 18.1. The summed E-state index contributed by atoms with van der Waals surface area (Å²) in [5.41, 5.74) is 6.01. The molecule has 0 radical (unpaired) electrons. The van der Waals surface area contributed by atoms with Crippen molar-refractivity contribution in [3.05, 3.63) is 59.9 Å². The topological polar surface area (TPSA) is 70.7 Å². The average Bonchev–Trinajstić information content (AvgIpc) is 2.61. The minimum Gasteiger partial charge on any atom is -0.493 e. The lowest BCUT2D eigenvalue weighted by molar-refractivity contribution is -0.122. The summed E-state index contributed by atoms with van der Waals surface area (Å²) in [4.78, 5) is 25.6. The predicted molar refractivity (Wildman–Crippen MR) is 92.9 cm³/mol. The fraction of sp³-hybridized carbons (Fsp3) is 0.222. The van der Waals surface area contributed by atoms with Crippen LogP contribution in [0.4, 0.5) is 10.1 Å². The zero-order valence-electron chi connectivity index (χ0n) is 14.1. The van der Waals surface area contributed by atoms with Gasteiger partial charge in [-0.15, -0.1) is 0 Å². The number of amides is 2. The Morgan fingerprint density at radius 3 is 2.48 bits per heavy atom. The molecule has 0 atom stereocenters. The maximum absolute atomic E-state index is 12.8. The van der Waals surface area contributed by atoms with E-state index >= 15 is 0 Å². The Morgan fingerprint density at radius 1 is 1.08 bits per heavy atom. The number of nitrogens with one attached hydrogen (secondary N) is 2. The number of hydrazine groups is 1. The van der Waals surface area contributed by atoms with E-state index in [1.165, 1.54) is 24.3 Å².